The van der Waals surface area contributed by atoms with Gasteiger partial charge in [0.1, 0.15) is 11.5 Å². The monoisotopic (exact) mass is 419 g/mol. The molecule has 0 aliphatic rings. The summed E-state index contributed by atoms with van der Waals surface area (Å²) in [6, 6.07) is 10.3. The highest BCUT2D eigenvalue weighted by Crippen LogP contribution is 2.35. The standard InChI is InChI=1S/C18H8BrF2NS2/c19-16-8-15-14(24-16)7-11(23-15)3-1-9-2-4-12-10(5-9)6-13(20)18(22)17(12)21/h2,4-8H,22H2. The van der Waals surface area contributed by atoms with Gasteiger partial charge in [0.05, 0.1) is 8.66 Å². The first-order valence-electron chi connectivity index (χ1n) is 6.89. The van der Waals surface area contributed by atoms with E-state index in [-0.39, 0.29) is 0 Å². The number of nitrogens with two attached hydrogens (primary N) is 1. The van der Waals surface area contributed by atoms with Crippen molar-refractivity contribution in [1.29, 1.82) is 0 Å². The minimum Gasteiger partial charge on any atom is -0.394 e. The Bertz CT molecular complexity index is 1130. The van der Waals surface area contributed by atoms with Crippen LogP contribution in [-0.2, 0) is 0 Å². The topological polar surface area (TPSA) is 26.0 Å². The molecule has 0 bridgehead atoms. The molecule has 0 aliphatic carbocycles. The van der Waals surface area contributed by atoms with Crippen LogP contribution in [0.3, 0.4) is 0 Å². The molecule has 4 rings (SSSR count). The molecule has 2 heterocycles. The SMILES string of the molecule is Nc1c(F)cc2cc(C#Cc3cc4sc(Br)cc4s3)ccc2c1F. The van der Waals surface area contributed by atoms with Gasteiger partial charge in [-0.3, -0.25) is 0 Å². The Hall–Kier alpha value is -1.94. The minimum absolute atomic E-state index is 0.293. The molecule has 0 unspecified atom stereocenters. The third-order valence-corrected chi connectivity index (χ3v) is 6.28. The molecule has 6 heteroatoms. The Morgan fingerprint density at radius 1 is 0.958 bits per heavy atom. The van der Waals surface area contributed by atoms with E-state index in [1.165, 1.54) is 15.5 Å². The number of rotatable bonds is 0. The van der Waals surface area contributed by atoms with Gasteiger partial charge >= 0.3 is 0 Å². The molecule has 0 amide bonds. The fraction of sp³-hybridized carbons (Fsp3) is 0. The smallest absolute Gasteiger partial charge is 0.156 e. The van der Waals surface area contributed by atoms with Crippen molar-refractivity contribution in [2.75, 3.05) is 5.73 Å². The number of anilines is 1. The van der Waals surface area contributed by atoms with Crippen LogP contribution in [0.15, 0.2) is 40.2 Å². The molecule has 0 saturated carbocycles. The number of halogens is 3. The number of thiophene rings is 2. The van der Waals surface area contributed by atoms with Crippen molar-refractivity contribution in [2.45, 2.75) is 0 Å². The number of hydrogen-bond donors (Lipinski definition) is 1. The third-order valence-electron chi connectivity index (χ3n) is 3.57. The predicted octanol–water partition coefficient (Wildman–Crippen LogP) is 6.14. The fourth-order valence-electron chi connectivity index (χ4n) is 2.43. The summed E-state index contributed by atoms with van der Waals surface area (Å²) in [5.74, 6) is 4.67. The zero-order chi connectivity index (χ0) is 16.8. The number of hydrogen-bond acceptors (Lipinski definition) is 3. The van der Waals surface area contributed by atoms with Crippen molar-refractivity contribution in [3.05, 3.63) is 62.3 Å². The first-order valence-corrected chi connectivity index (χ1v) is 9.32. The van der Waals surface area contributed by atoms with E-state index in [0.29, 0.717) is 16.3 Å². The second-order valence-corrected chi connectivity index (χ2v) is 8.71. The molecule has 4 aromatic rings. The Balaban J connectivity index is 1.74. The maximum Gasteiger partial charge on any atom is 0.156 e. The molecule has 0 radical (unpaired) electrons. The highest BCUT2D eigenvalue weighted by molar-refractivity contribution is 9.11. The summed E-state index contributed by atoms with van der Waals surface area (Å²) in [5, 5.41) is 0.739. The summed E-state index contributed by atoms with van der Waals surface area (Å²) in [7, 11) is 0. The van der Waals surface area contributed by atoms with Gasteiger partial charge in [0.25, 0.3) is 0 Å². The maximum absolute atomic E-state index is 14.0. The fourth-order valence-corrected chi connectivity index (χ4v) is 5.30. The number of nitrogen functional groups attached to an aromatic ring is 1. The molecule has 2 aromatic heterocycles. The van der Waals surface area contributed by atoms with E-state index in [1.54, 1.807) is 40.9 Å². The van der Waals surface area contributed by atoms with Crippen molar-refractivity contribution in [2.24, 2.45) is 0 Å². The van der Waals surface area contributed by atoms with Gasteiger partial charge in [0, 0.05) is 20.3 Å². The van der Waals surface area contributed by atoms with Crippen LogP contribution in [0.2, 0.25) is 0 Å². The summed E-state index contributed by atoms with van der Waals surface area (Å²) < 4.78 is 31.0. The van der Waals surface area contributed by atoms with Crippen LogP contribution in [0.4, 0.5) is 14.5 Å². The Labute approximate surface area is 152 Å². The minimum atomic E-state index is -0.755. The van der Waals surface area contributed by atoms with Gasteiger partial charge in [-0.15, -0.1) is 22.7 Å². The maximum atomic E-state index is 14.0. The zero-order valence-electron chi connectivity index (χ0n) is 12.0. The van der Waals surface area contributed by atoms with Crippen molar-refractivity contribution < 1.29 is 8.78 Å². The normalized spacial score (nSPS) is 11.0. The van der Waals surface area contributed by atoms with Gasteiger partial charge < -0.3 is 5.73 Å². The van der Waals surface area contributed by atoms with Crippen molar-refractivity contribution >= 4 is 64.5 Å². The molecular weight excluding hydrogens is 412 g/mol. The zero-order valence-corrected chi connectivity index (χ0v) is 15.2. The Morgan fingerprint density at radius 2 is 1.75 bits per heavy atom. The largest absolute Gasteiger partial charge is 0.394 e. The van der Waals surface area contributed by atoms with E-state index in [2.05, 4.69) is 33.8 Å². The molecule has 0 atom stereocenters. The van der Waals surface area contributed by atoms with E-state index in [9.17, 15) is 8.78 Å². The van der Waals surface area contributed by atoms with Gasteiger partial charge in [0.2, 0.25) is 0 Å². The van der Waals surface area contributed by atoms with Gasteiger partial charge in [-0.2, -0.15) is 0 Å². The lowest BCUT2D eigenvalue weighted by molar-refractivity contribution is 0.600. The quantitative estimate of drug-likeness (QED) is 0.269. The molecule has 24 heavy (non-hydrogen) atoms. The van der Waals surface area contributed by atoms with Crippen molar-refractivity contribution in [3.8, 4) is 11.8 Å². The first kappa shape index (κ1) is 15.6. The summed E-state index contributed by atoms with van der Waals surface area (Å²) in [5.41, 5.74) is 5.62. The summed E-state index contributed by atoms with van der Waals surface area (Å²) in [6.07, 6.45) is 0. The van der Waals surface area contributed by atoms with E-state index >= 15 is 0 Å². The van der Waals surface area contributed by atoms with Crippen LogP contribution in [-0.4, -0.2) is 0 Å². The van der Waals surface area contributed by atoms with Gasteiger partial charge in [-0.05, 0) is 51.6 Å². The van der Waals surface area contributed by atoms with Crippen molar-refractivity contribution in [3.63, 3.8) is 0 Å². The van der Waals surface area contributed by atoms with Crippen LogP contribution in [0.1, 0.15) is 10.4 Å². The predicted molar refractivity (Wildman–Crippen MR) is 102 cm³/mol. The number of benzene rings is 2. The second kappa shape index (κ2) is 5.85. The lowest BCUT2D eigenvalue weighted by Gasteiger charge is -2.04. The molecule has 0 saturated heterocycles. The van der Waals surface area contributed by atoms with E-state index < -0.39 is 17.3 Å². The molecule has 0 fully saturated rings. The van der Waals surface area contributed by atoms with Crippen LogP contribution in [0.5, 0.6) is 0 Å². The summed E-state index contributed by atoms with van der Waals surface area (Å²) in [4.78, 5) is 0.957. The Morgan fingerprint density at radius 3 is 2.54 bits per heavy atom. The molecule has 2 N–H and O–H groups in total. The molecule has 1 nitrogen and oxygen atoms in total. The second-order valence-electron chi connectivity index (χ2n) is 5.16. The lowest BCUT2D eigenvalue weighted by Crippen LogP contribution is -1.96. The molecule has 118 valence electrons. The summed E-state index contributed by atoms with van der Waals surface area (Å²) in [6.45, 7) is 0. The molecule has 0 spiro atoms. The van der Waals surface area contributed by atoms with Gasteiger partial charge in [-0.1, -0.05) is 17.9 Å². The van der Waals surface area contributed by atoms with Crippen LogP contribution in [0, 0.1) is 23.5 Å². The van der Waals surface area contributed by atoms with E-state index in [4.69, 9.17) is 5.73 Å². The van der Waals surface area contributed by atoms with Gasteiger partial charge in [0.15, 0.2) is 5.82 Å². The van der Waals surface area contributed by atoms with Gasteiger partial charge in [-0.25, -0.2) is 8.78 Å². The average molecular weight is 420 g/mol. The third kappa shape index (κ3) is 2.69. The molecular formula is C18H8BrF2NS2. The summed E-state index contributed by atoms with van der Waals surface area (Å²) >= 11 is 6.75. The number of fused-ring (bicyclic) bond motifs is 2. The van der Waals surface area contributed by atoms with Crippen LogP contribution in [0.25, 0.3) is 20.2 Å². The van der Waals surface area contributed by atoms with E-state index in [1.807, 2.05) is 6.07 Å². The van der Waals surface area contributed by atoms with Crippen LogP contribution >= 0.6 is 38.6 Å². The molecule has 0 aliphatic heterocycles. The van der Waals surface area contributed by atoms with Crippen LogP contribution < -0.4 is 5.73 Å². The average Bonchev–Trinajstić information content (AvgIpc) is 3.07. The lowest BCUT2D eigenvalue weighted by atomic mass is 10.1. The highest BCUT2D eigenvalue weighted by Gasteiger charge is 2.10. The molecule has 2 aromatic carbocycles. The van der Waals surface area contributed by atoms with Crippen molar-refractivity contribution in [1.82, 2.24) is 0 Å². The van der Waals surface area contributed by atoms with E-state index in [0.717, 1.165) is 8.66 Å². The Kier molecular flexibility index (Phi) is 3.80. The highest BCUT2D eigenvalue weighted by atomic mass is 79.9. The first-order chi connectivity index (χ1) is 11.5.